The van der Waals surface area contributed by atoms with Crippen LogP contribution in [0.1, 0.15) is 66.7 Å². The molecule has 122 valence electrons. The molecule has 2 N–H and O–H groups in total. The molecule has 5 nitrogen and oxygen atoms in total. The molecule has 0 saturated heterocycles. The lowest BCUT2D eigenvalue weighted by Gasteiger charge is -2.43. The fraction of sp³-hybridized carbons (Fsp3) is 0.875. The summed E-state index contributed by atoms with van der Waals surface area (Å²) < 4.78 is 5.22. The number of hydrogen-bond donors (Lipinski definition) is 2. The summed E-state index contributed by atoms with van der Waals surface area (Å²) >= 11 is 0. The summed E-state index contributed by atoms with van der Waals surface area (Å²) in [5.74, 6) is -0.805. The Morgan fingerprint density at radius 2 is 1.67 bits per heavy atom. The molecular weight excluding hydrogens is 270 g/mol. The highest BCUT2D eigenvalue weighted by Crippen LogP contribution is 2.46. The molecule has 0 aliphatic heterocycles. The number of carboxylic acid groups (broad SMARTS) is 1. The maximum absolute atomic E-state index is 11.8. The SMILES string of the molecule is CC1(C)CCC(CNC(=O)OC(C)(C)C)(CC(=O)O)CC1. The second kappa shape index (κ2) is 6.24. The number of aliphatic carboxylic acids is 1. The zero-order chi connectivity index (χ0) is 16.3. The highest BCUT2D eigenvalue weighted by Gasteiger charge is 2.40. The Morgan fingerprint density at radius 3 is 2.10 bits per heavy atom. The quantitative estimate of drug-likeness (QED) is 0.832. The molecule has 1 amide bonds. The van der Waals surface area contributed by atoms with E-state index in [4.69, 9.17) is 9.84 Å². The van der Waals surface area contributed by atoms with Crippen molar-refractivity contribution in [1.82, 2.24) is 5.32 Å². The van der Waals surface area contributed by atoms with Gasteiger partial charge in [-0.05, 0) is 57.3 Å². The molecule has 0 unspecified atom stereocenters. The Hall–Kier alpha value is -1.26. The van der Waals surface area contributed by atoms with Gasteiger partial charge in [0, 0.05) is 6.54 Å². The Labute approximate surface area is 127 Å². The molecule has 5 heteroatoms. The lowest BCUT2D eigenvalue weighted by atomic mass is 9.64. The van der Waals surface area contributed by atoms with Crippen LogP contribution in [0.15, 0.2) is 0 Å². The Kier molecular flexibility index (Phi) is 5.29. The van der Waals surface area contributed by atoms with E-state index in [1.165, 1.54) is 0 Å². The summed E-state index contributed by atoms with van der Waals surface area (Å²) in [6, 6.07) is 0. The lowest BCUT2D eigenvalue weighted by molar-refractivity contribution is -0.140. The monoisotopic (exact) mass is 299 g/mol. The van der Waals surface area contributed by atoms with Gasteiger partial charge in [-0.25, -0.2) is 4.79 Å². The summed E-state index contributed by atoms with van der Waals surface area (Å²) in [6.45, 7) is 10.2. The van der Waals surface area contributed by atoms with E-state index in [1.807, 2.05) is 20.8 Å². The molecule has 0 bridgehead atoms. The lowest BCUT2D eigenvalue weighted by Crippen LogP contribution is -2.44. The van der Waals surface area contributed by atoms with Gasteiger partial charge in [0.05, 0.1) is 6.42 Å². The van der Waals surface area contributed by atoms with E-state index in [2.05, 4.69) is 19.2 Å². The fourth-order valence-corrected chi connectivity index (χ4v) is 2.77. The summed E-state index contributed by atoms with van der Waals surface area (Å²) in [5, 5.41) is 11.9. The first-order valence-corrected chi connectivity index (χ1v) is 7.62. The van der Waals surface area contributed by atoms with Crippen molar-refractivity contribution >= 4 is 12.1 Å². The van der Waals surface area contributed by atoms with Gasteiger partial charge in [-0.15, -0.1) is 0 Å². The highest BCUT2D eigenvalue weighted by atomic mass is 16.6. The van der Waals surface area contributed by atoms with Crippen LogP contribution < -0.4 is 5.32 Å². The fourth-order valence-electron chi connectivity index (χ4n) is 2.77. The van der Waals surface area contributed by atoms with Gasteiger partial charge in [0.15, 0.2) is 0 Å². The van der Waals surface area contributed by atoms with Crippen molar-refractivity contribution < 1.29 is 19.4 Å². The molecule has 1 rings (SSSR count). The number of hydrogen-bond acceptors (Lipinski definition) is 3. The van der Waals surface area contributed by atoms with E-state index < -0.39 is 17.7 Å². The van der Waals surface area contributed by atoms with Crippen LogP contribution in [0.25, 0.3) is 0 Å². The summed E-state index contributed by atoms with van der Waals surface area (Å²) in [6.07, 6.45) is 3.23. The molecule has 0 aromatic rings. The van der Waals surface area contributed by atoms with Gasteiger partial charge in [-0.1, -0.05) is 13.8 Å². The summed E-state index contributed by atoms with van der Waals surface area (Å²) in [5.41, 5.74) is -0.634. The number of alkyl carbamates (subject to hydrolysis) is 1. The van der Waals surface area contributed by atoms with Gasteiger partial charge in [-0.2, -0.15) is 0 Å². The van der Waals surface area contributed by atoms with Crippen molar-refractivity contribution in [1.29, 1.82) is 0 Å². The molecule has 0 radical (unpaired) electrons. The van der Waals surface area contributed by atoms with E-state index in [-0.39, 0.29) is 17.3 Å². The minimum Gasteiger partial charge on any atom is -0.481 e. The van der Waals surface area contributed by atoms with Crippen molar-refractivity contribution in [2.24, 2.45) is 10.8 Å². The third-order valence-electron chi connectivity index (χ3n) is 4.20. The van der Waals surface area contributed by atoms with Crippen LogP contribution >= 0.6 is 0 Å². The van der Waals surface area contributed by atoms with Crippen LogP contribution in [0.3, 0.4) is 0 Å². The highest BCUT2D eigenvalue weighted by molar-refractivity contribution is 5.69. The van der Waals surface area contributed by atoms with E-state index in [9.17, 15) is 9.59 Å². The largest absolute Gasteiger partial charge is 0.481 e. The Balaban J connectivity index is 2.63. The molecule has 1 aliphatic rings. The van der Waals surface area contributed by atoms with E-state index in [1.54, 1.807) is 0 Å². The minimum absolute atomic E-state index is 0.0961. The molecule has 0 spiro atoms. The van der Waals surface area contributed by atoms with Gasteiger partial charge >= 0.3 is 12.1 Å². The van der Waals surface area contributed by atoms with E-state index in [0.29, 0.717) is 6.54 Å². The number of ether oxygens (including phenoxy) is 1. The zero-order valence-corrected chi connectivity index (χ0v) is 13.9. The van der Waals surface area contributed by atoms with Gasteiger partial charge in [0.1, 0.15) is 5.60 Å². The van der Waals surface area contributed by atoms with E-state index in [0.717, 1.165) is 25.7 Å². The van der Waals surface area contributed by atoms with Gasteiger partial charge in [0.2, 0.25) is 0 Å². The molecule has 21 heavy (non-hydrogen) atoms. The van der Waals surface area contributed by atoms with Gasteiger partial charge in [-0.3, -0.25) is 4.79 Å². The standard InChI is InChI=1S/C16H29NO4/c1-14(2,3)21-13(20)17-11-16(10-12(18)19)8-6-15(4,5)7-9-16/h6-11H2,1-5H3,(H,17,20)(H,18,19). The predicted molar refractivity (Wildman–Crippen MR) is 81.2 cm³/mol. The van der Waals surface area contributed by atoms with Crippen LogP contribution in [-0.4, -0.2) is 29.3 Å². The van der Waals surface area contributed by atoms with Crippen LogP contribution in [0.2, 0.25) is 0 Å². The van der Waals surface area contributed by atoms with Crippen LogP contribution in [0, 0.1) is 10.8 Å². The van der Waals surface area contributed by atoms with Crippen LogP contribution in [-0.2, 0) is 9.53 Å². The van der Waals surface area contributed by atoms with Gasteiger partial charge < -0.3 is 15.2 Å². The van der Waals surface area contributed by atoms with Crippen molar-refractivity contribution in [3.63, 3.8) is 0 Å². The van der Waals surface area contributed by atoms with Gasteiger partial charge in [0.25, 0.3) is 0 Å². The molecule has 0 atom stereocenters. The number of carbonyl (C=O) groups is 2. The second-order valence-electron chi connectivity index (χ2n) is 8.09. The first-order chi connectivity index (χ1) is 9.43. The minimum atomic E-state index is -0.805. The second-order valence-corrected chi connectivity index (χ2v) is 8.09. The van der Waals surface area contributed by atoms with Crippen LogP contribution in [0.4, 0.5) is 4.79 Å². The third-order valence-corrected chi connectivity index (χ3v) is 4.20. The number of carbonyl (C=O) groups excluding carboxylic acids is 1. The van der Waals surface area contributed by atoms with Crippen molar-refractivity contribution in [2.45, 2.75) is 72.3 Å². The third kappa shape index (κ3) is 6.36. The first kappa shape index (κ1) is 17.8. The Morgan fingerprint density at radius 1 is 1.14 bits per heavy atom. The number of amides is 1. The van der Waals surface area contributed by atoms with Crippen molar-refractivity contribution in [3.8, 4) is 0 Å². The molecule has 1 fully saturated rings. The molecule has 1 saturated carbocycles. The molecule has 1 aliphatic carbocycles. The maximum atomic E-state index is 11.8. The molecule has 0 heterocycles. The average molecular weight is 299 g/mol. The number of carboxylic acids is 1. The topological polar surface area (TPSA) is 75.6 Å². The molecular formula is C16H29NO4. The van der Waals surface area contributed by atoms with Crippen molar-refractivity contribution in [2.75, 3.05) is 6.54 Å². The summed E-state index contributed by atoms with van der Waals surface area (Å²) in [7, 11) is 0. The predicted octanol–water partition coefficient (Wildman–Crippen LogP) is 3.57. The average Bonchev–Trinajstić information content (AvgIpc) is 2.28. The number of nitrogens with one attached hydrogen (secondary N) is 1. The normalized spacial score (nSPS) is 20.6. The van der Waals surface area contributed by atoms with Crippen molar-refractivity contribution in [3.05, 3.63) is 0 Å². The van der Waals surface area contributed by atoms with Crippen LogP contribution in [0.5, 0.6) is 0 Å². The van der Waals surface area contributed by atoms with E-state index >= 15 is 0 Å². The molecule has 0 aromatic heterocycles. The first-order valence-electron chi connectivity index (χ1n) is 7.62. The smallest absolute Gasteiger partial charge is 0.407 e. The Bertz CT molecular complexity index is 386. The zero-order valence-electron chi connectivity index (χ0n) is 13.9. The maximum Gasteiger partial charge on any atom is 0.407 e. The number of rotatable bonds is 4. The summed E-state index contributed by atoms with van der Waals surface area (Å²) in [4.78, 5) is 22.9. The molecule has 0 aromatic carbocycles.